The molecule has 0 radical (unpaired) electrons. The molecule has 0 bridgehead atoms. The van der Waals surface area contributed by atoms with Crippen molar-refractivity contribution in [3.8, 4) is 0 Å². The topological polar surface area (TPSA) is 54.7 Å². The van der Waals surface area contributed by atoms with E-state index in [-0.39, 0.29) is 0 Å². The van der Waals surface area contributed by atoms with E-state index in [0.29, 0.717) is 21.9 Å². The average molecular weight is 264 g/mol. The van der Waals surface area contributed by atoms with E-state index in [1.165, 1.54) is 18.3 Å². The quantitative estimate of drug-likeness (QED) is 0.832. The number of hydrogen-bond acceptors (Lipinski definition) is 2. The predicted octanol–water partition coefficient (Wildman–Crippen LogP) is 3.56. The van der Waals surface area contributed by atoms with E-state index in [9.17, 15) is 4.39 Å². The Hall–Kier alpha value is -2.07. The molecule has 0 saturated heterocycles. The fourth-order valence-corrected chi connectivity index (χ4v) is 1.88. The highest BCUT2D eigenvalue weighted by Crippen LogP contribution is 2.27. The molecule has 0 aromatic carbocycles. The molecule has 0 fully saturated rings. The smallest absolute Gasteiger partial charge is 0.138 e. The van der Waals surface area contributed by atoms with Crippen LogP contribution in [0.15, 0.2) is 49.1 Å². The van der Waals surface area contributed by atoms with Crippen LogP contribution in [0.25, 0.3) is 16.7 Å². The maximum Gasteiger partial charge on any atom is 0.138 e. The third-order valence-corrected chi connectivity index (χ3v) is 2.67. The minimum atomic E-state index is -0.535. The fraction of sp³-hybridized carbons (Fsp3) is 0. The molecule has 0 atom stereocenters. The maximum absolute atomic E-state index is 12.4. The summed E-state index contributed by atoms with van der Waals surface area (Å²) in [5, 5.41) is 1.27. The number of nitrogens with zero attached hydrogens (tertiary/aromatic N) is 1. The van der Waals surface area contributed by atoms with Gasteiger partial charge in [0.25, 0.3) is 0 Å². The molecule has 0 aliphatic carbocycles. The minimum absolute atomic E-state index is 0.435. The van der Waals surface area contributed by atoms with Crippen molar-refractivity contribution in [1.29, 1.82) is 0 Å². The third-order valence-electron chi connectivity index (χ3n) is 2.38. The molecule has 3 N–H and O–H groups in total. The molecule has 0 spiro atoms. The Morgan fingerprint density at radius 1 is 1.56 bits per heavy atom. The van der Waals surface area contributed by atoms with Crippen molar-refractivity contribution >= 4 is 28.3 Å². The normalized spacial score (nSPS) is 12.4. The van der Waals surface area contributed by atoms with Crippen LogP contribution >= 0.6 is 11.6 Å². The first-order valence-corrected chi connectivity index (χ1v) is 5.57. The molecule has 0 saturated carbocycles. The van der Waals surface area contributed by atoms with Gasteiger partial charge < -0.3 is 10.7 Å². The molecule has 18 heavy (non-hydrogen) atoms. The first-order chi connectivity index (χ1) is 8.59. The Morgan fingerprint density at radius 2 is 2.33 bits per heavy atom. The van der Waals surface area contributed by atoms with Crippen molar-refractivity contribution in [3.63, 3.8) is 0 Å². The SMILES string of the molecule is C=C(F)/C=C\C=C(/N)c1c(Cl)cnc2[nH]ccc12. The van der Waals surface area contributed by atoms with Gasteiger partial charge in [0.2, 0.25) is 0 Å². The lowest BCUT2D eigenvalue weighted by molar-refractivity contribution is 0.671. The van der Waals surface area contributed by atoms with Crippen LogP contribution in [0.3, 0.4) is 0 Å². The Morgan fingerprint density at radius 3 is 3.06 bits per heavy atom. The van der Waals surface area contributed by atoms with E-state index in [1.54, 1.807) is 12.3 Å². The van der Waals surface area contributed by atoms with E-state index < -0.39 is 5.83 Å². The number of hydrogen-bond donors (Lipinski definition) is 2. The molecule has 2 aromatic heterocycles. The Kier molecular flexibility index (Phi) is 3.48. The first kappa shape index (κ1) is 12.4. The predicted molar refractivity (Wildman–Crippen MR) is 72.7 cm³/mol. The third kappa shape index (κ3) is 2.43. The van der Waals surface area contributed by atoms with Gasteiger partial charge in [-0.3, -0.25) is 0 Å². The van der Waals surface area contributed by atoms with Crippen molar-refractivity contribution in [1.82, 2.24) is 9.97 Å². The highest BCUT2D eigenvalue weighted by molar-refractivity contribution is 6.33. The number of pyridine rings is 1. The number of aromatic nitrogens is 2. The number of nitrogens with one attached hydrogen (secondary N) is 1. The number of aromatic amines is 1. The molecular weight excluding hydrogens is 253 g/mol. The number of allylic oxidation sites excluding steroid dienone is 4. The van der Waals surface area contributed by atoms with Crippen molar-refractivity contribution in [2.45, 2.75) is 0 Å². The standard InChI is InChI=1S/C13H11ClFN3/c1-8(15)3-2-4-11(16)12-9-5-6-17-13(9)18-7-10(12)14/h2-7H,1,16H2,(H,17,18)/b3-2-,11-4-. The summed E-state index contributed by atoms with van der Waals surface area (Å²) in [5.74, 6) is -0.535. The Balaban J connectivity index is 2.49. The van der Waals surface area contributed by atoms with E-state index in [2.05, 4.69) is 16.5 Å². The lowest BCUT2D eigenvalue weighted by atomic mass is 10.1. The maximum atomic E-state index is 12.4. The zero-order valence-corrected chi connectivity index (χ0v) is 10.2. The summed E-state index contributed by atoms with van der Waals surface area (Å²) in [6.45, 7) is 3.12. The molecule has 3 nitrogen and oxygen atoms in total. The average Bonchev–Trinajstić information content (AvgIpc) is 2.76. The summed E-state index contributed by atoms with van der Waals surface area (Å²) in [5.41, 5.74) is 7.75. The molecule has 2 rings (SSSR count). The van der Waals surface area contributed by atoms with Gasteiger partial charge >= 0.3 is 0 Å². The fourth-order valence-electron chi connectivity index (χ4n) is 1.62. The van der Waals surface area contributed by atoms with E-state index in [0.717, 1.165) is 5.39 Å². The number of halogens is 2. The summed E-state index contributed by atoms with van der Waals surface area (Å²) in [6, 6.07) is 1.84. The number of nitrogens with two attached hydrogens (primary N) is 1. The summed E-state index contributed by atoms with van der Waals surface area (Å²) >= 11 is 6.08. The van der Waals surface area contributed by atoms with Gasteiger partial charge in [-0.1, -0.05) is 24.3 Å². The van der Waals surface area contributed by atoms with Gasteiger partial charge in [-0.2, -0.15) is 0 Å². The zero-order chi connectivity index (χ0) is 13.1. The van der Waals surface area contributed by atoms with E-state index in [1.807, 2.05) is 6.07 Å². The lowest BCUT2D eigenvalue weighted by Gasteiger charge is -2.05. The van der Waals surface area contributed by atoms with Crippen LogP contribution in [0.4, 0.5) is 4.39 Å². The zero-order valence-electron chi connectivity index (χ0n) is 9.45. The van der Waals surface area contributed by atoms with E-state index >= 15 is 0 Å². The summed E-state index contributed by atoms with van der Waals surface area (Å²) in [6.07, 6.45) is 7.54. The molecule has 2 aromatic rings. The largest absolute Gasteiger partial charge is 0.398 e. The van der Waals surface area contributed by atoms with Crippen LogP contribution in [0.1, 0.15) is 5.56 Å². The molecule has 0 aliphatic heterocycles. The van der Waals surface area contributed by atoms with Crippen LogP contribution in [0.5, 0.6) is 0 Å². The van der Waals surface area contributed by atoms with Gasteiger partial charge in [-0.25, -0.2) is 9.37 Å². The van der Waals surface area contributed by atoms with Crippen LogP contribution in [0.2, 0.25) is 5.02 Å². The molecule has 5 heteroatoms. The summed E-state index contributed by atoms with van der Waals surface area (Å²) in [7, 11) is 0. The number of H-pyrrole nitrogens is 1. The van der Waals surface area contributed by atoms with Gasteiger partial charge in [-0.15, -0.1) is 0 Å². The molecule has 0 aliphatic rings. The monoisotopic (exact) mass is 263 g/mol. The van der Waals surface area contributed by atoms with Gasteiger partial charge in [0.05, 0.1) is 5.02 Å². The molecule has 0 amide bonds. The van der Waals surface area contributed by atoms with Crippen LogP contribution in [0, 0.1) is 0 Å². The van der Waals surface area contributed by atoms with Gasteiger partial charge in [0.15, 0.2) is 0 Å². The second-order valence-corrected chi connectivity index (χ2v) is 4.06. The lowest BCUT2D eigenvalue weighted by Crippen LogP contribution is -1.98. The molecule has 92 valence electrons. The van der Waals surface area contributed by atoms with Crippen LogP contribution in [-0.2, 0) is 0 Å². The molecular formula is C13H11ClFN3. The van der Waals surface area contributed by atoms with Gasteiger partial charge in [0, 0.05) is 29.0 Å². The van der Waals surface area contributed by atoms with E-state index in [4.69, 9.17) is 17.3 Å². The second kappa shape index (κ2) is 5.06. The number of rotatable bonds is 3. The van der Waals surface area contributed by atoms with Crippen molar-refractivity contribution in [2.75, 3.05) is 0 Å². The number of fused-ring (bicyclic) bond motifs is 1. The van der Waals surface area contributed by atoms with Crippen molar-refractivity contribution < 1.29 is 4.39 Å². The molecule has 2 heterocycles. The first-order valence-electron chi connectivity index (χ1n) is 5.20. The highest BCUT2D eigenvalue weighted by Gasteiger charge is 2.09. The minimum Gasteiger partial charge on any atom is -0.398 e. The van der Waals surface area contributed by atoms with Crippen molar-refractivity contribution in [3.05, 3.63) is 59.7 Å². The Labute approximate surface area is 108 Å². The second-order valence-electron chi connectivity index (χ2n) is 3.65. The van der Waals surface area contributed by atoms with Crippen LogP contribution in [-0.4, -0.2) is 9.97 Å². The summed E-state index contributed by atoms with van der Waals surface area (Å²) < 4.78 is 12.4. The highest BCUT2D eigenvalue weighted by atomic mass is 35.5. The van der Waals surface area contributed by atoms with Crippen molar-refractivity contribution in [2.24, 2.45) is 5.73 Å². The Bertz CT molecular complexity index is 655. The molecule has 0 unspecified atom stereocenters. The van der Waals surface area contributed by atoms with Crippen LogP contribution < -0.4 is 5.73 Å². The van der Waals surface area contributed by atoms with Gasteiger partial charge in [0.1, 0.15) is 11.5 Å². The van der Waals surface area contributed by atoms with Gasteiger partial charge in [-0.05, 0) is 18.2 Å². The summed E-state index contributed by atoms with van der Waals surface area (Å²) in [4.78, 5) is 7.10.